The summed E-state index contributed by atoms with van der Waals surface area (Å²) in [4.78, 5) is 17.6. The molecule has 2 heterocycles. The van der Waals surface area contributed by atoms with Crippen LogP contribution in [-0.2, 0) is 6.54 Å². The number of H-pyrrole nitrogens is 1. The molecule has 1 aromatic heterocycles. The lowest BCUT2D eigenvalue weighted by Gasteiger charge is -2.31. The summed E-state index contributed by atoms with van der Waals surface area (Å²) < 4.78 is 0. The van der Waals surface area contributed by atoms with E-state index in [1.54, 1.807) is 0 Å². The minimum Gasteiger partial charge on any atom is -0.363 e. The van der Waals surface area contributed by atoms with Crippen LogP contribution in [-0.4, -0.2) is 23.0 Å². The van der Waals surface area contributed by atoms with E-state index >= 15 is 0 Å². The number of rotatable bonds is 2. The molecule has 1 aliphatic rings. The van der Waals surface area contributed by atoms with Gasteiger partial charge in [0.15, 0.2) is 5.43 Å². The summed E-state index contributed by atoms with van der Waals surface area (Å²) >= 11 is 0. The van der Waals surface area contributed by atoms with Crippen molar-refractivity contribution >= 4 is 0 Å². The first-order chi connectivity index (χ1) is 8.08. The number of piperidine rings is 1. The number of aryl methyl sites for hydroxylation is 1. The number of pyridine rings is 1. The summed E-state index contributed by atoms with van der Waals surface area (Å²) in [5.74, 6) is 0.779. The van der Waals surface area contributed by atoms with Crippen molar-refractivity contribution in [3.8, 4) is 0 Å². The van der Waals surface area contributed by atoms with Gasteiger partial charge in [0.25, 0.3) is 0 Å². The first-order valence-corrected chi connectivity index (χ1v) is 6.48. The first kappa shape index (κ1) is 12.4. The van der Waals surface area contributed by atoms with Gasteiger partial charge in [0, 0.05) is 36.1 Å². The third kappa shape index (κ3) is 2.78. The van der Waals surface area contributed by atoms with Gasteiger partial charge in [-0.3, -0.25) is 9.69 Å². The number of nitrogens with zero attached hydrogens (tertiary/aromatic N) is 1. The molecule has 3 nitrogen and oxygen atoms in total. The highest BCUT2D eigenvalue weighted by Crippen LogP contribution is 2.17. The van der Waals surface area contributed by atoms with E-state index in [0.717, 1.165) is 42.4 Å². The minimum atomic E-state index is 0.184. The van der Waals surface area contributed by atoms with Crippen LogP contribution in [0.25, 0.3) is 0 Å². The monoisotopic (exact) mass is 234 g/mol. The average molecular weight is 234 g/mol. The molecule has 94 valence electrons. The van der Waals surface area contributed by atoms with Crippen LogP contribution in [0.15, 0.2) is 11.0 Å². The third-order valence-corrected chi connectivity index (χ3v) is 3.74. The second kappa shape index (κ2) is 5.05. The molecular formula is C14H22N2O. The molecule has 0 aromatic carbocycles. The second-order valence-electron chi connectivity index (χ2n) is 5.39. The van der Waals surface area contributed by atoms with Gasteiger partial charge in [-0.2, -0.15) is 0 Å². The summed E-state index contributed by atoms with van der Waals surface area (Å²) in [6.07, 6.45) is 4.44. The lowest BCUT2D eigenvalue weighted by atomic mass is 10.00. The maximum atomic E-state index is 11.9. The molecule has 1 N–H and O–H groups in total. The Morgan fingerprint density at radius 2 is 2.24 bits per heavy atom. The first-order valence-electron chi connectivity index (χ1n) is 6.48. The standard InChI is InChI=1S/C14H22N2O/c1-10-5-4-6-16(8-10)9-13-12(3)14(17)11(2)7-15-13/h7,10H,4-6,8-9H2,1-3H3,(H,15,17). The lowest BCUT2D eigenvalue weighted by Crippen LogP contribution is -2.34. The number of likely N-dealkylation sites (tertiary alicyclic amines) is 1. The Morgan fingerprint density at radius 3 is 2.94 bits per heavy atom. The van der Waals surface area contributed by atoms with Crippen LogP contribution in [0.2, 0.25) is 0 Å². The molecule has 0 amide bonds. The smallest absolute Gasteiger partial charge is 0.187 e. The molecule has 0 aliphatic carbocycles. The Kier molecular flexibility index (Phi) is 3.67. The van der Waals surface area contributed by atoms with Gasteiger partial charge in [0.05, 0.1) is 0 Å². The second-order valence-corrected chi connectivity index (χ2v) is 5.39. The van der Waals surface area contributed by atoms with E-state index in [-0.39, 0.29) is 5.43 Å². The highest BCUT2D eigenvalue weighted by atomic mass is 16.1. The summed E-state index contributed by atoms with van der Waals surface area (Å²) in [6.45, 7) is 9.27. The number of aromatic amines is 1. The number of hydrogen-bond donors (Lipinski definition) is 1. The Balaban J connectivity index is 2.13. The van der Waals surface area contributed by atoms with Crippen molar-refractivity contribution in [3.63, 3.8) is 0 Å². The van der Waals surface area contributed by atoms with Gasteiger partial charge in [-0.25, -0.2) is 0 Å². The molecule has 0 saturated carbocycles. The van der Waals surface area contributed by atoms with Crippen molar-refractivity contribution in [3.05, 3.63) is 33.2 Å². The van der Waals surface area contributed by atoms with E-state index in [2.05, 4.69) is 16.8 Å². The fourth-order valence-corrected chi connectivity index (χ4v) is 2.62. The molecule has 1 aliphatic heterocycles. The van der Waals surface area contributed by atoms with Gasteiger partial charge < -0.3 is 4.98 Å². The van der Waals surface area contributed by atoms with Crippen LogP contribution in [0.5, 0.6) is 0 Å². The molecular weight excluding hydrogens is 212 g/mol. The van der Waals surface area contributed by atoms with Gasteiger partial charge >= 0.3 is 0 Å². The largest absolute Gasteiger partial charge is 0.363 e. The summed E-state index contributed by atoms with van der Waals surface area (Å²) in [7, 11) is 0. The third-order valence-electron chi connectivity index (χ3n) is 3.74. The van der Waals surface area contributed by atoms with E-state index in [0.29, 0.717) is 0 Å². The molecule has 1 fully saturated rings. The van der Waals surface area contributed by atoms with E-state index in [9.17, 15) is 4.79 Å². The van der Waals surface area contributed by atoms with E-state index in [1.165, 1.54) is 12.8 Å². The zero-order valence-corrected chi connectivity index (χ0v) is 11.0. The Hall–Kier alpha value is -1.09. The highest BCUT2D eigenvalue weighted by Gasteiger charge is 2.17. The van der Waals surface area contributed by atoms with Gasteiger partial charge in [-0.05, 0) is 39.2 Å². The summed E-state index contributed by atoms with van der Waals surface area (Å²) in [6, 6.07) is 0. The van der Waals surface area contributed by atoms with E-state index in [1.807, 2.05) is 20.0 Å². The normalized spacial score (nSPS) is 21.7. The van der Waals surface area contributed by atoms with Crippen molar-refractivity contribution in [2.45, 2.75) is 40.2 Å². The number of aromatic nitrogens is 1. The fourth-order valence-electron chi connectivity index (χ4n) is 2.62. The van der Waals surface area contributed by atoms with Crippen LogP contribution in [0.1, 0.15) is 36.6 Å². The van der Waals surface area contributed by atoms with Crippen molar-refractivity contribution in [2.24, 2.45) is 5.92 Å². The molecule has 17 heavy (non-hydrogen) atoms. The van der Waals surface area contributed by atoms with Gasteiger partial charge in [0.1, 0.15) is 0 Å². The van der Waals surface area contributed by atoms with Crippen LogP contribution in [0.4, 0.5) is 0 Å². The average Bonchev–Trinajstić information content (AvgIpc) is 2.30. The minimum absolute atomic E-state index is 0.184. The zero-order valence-electron chi connectivity index (χ0n) is 11.0. The topological polar surface area (TPSA) is 36.1 Å². The number of hydrogen-bond acceptors (Lipinski definition) is 2. The molecule has 1 unspecified atom stereocenters. The quantitative estimate of drug-likeness (QED) is 0.851. The Morgan fingerprint density at radius 1 is 1.47 bits per heavy atom. The molecule has 1 aromatic rings. The van der Waals surface area contributed by atoms with Crippen molar-refractivity contribution < 1.29 is 0 Å². The Bertz CT molecular complexity index is 450. The lowest BCUT2D eigenvalue weighted by molar-refractivity contribution is 0.174. The van der Waals surface area contributed by atoms with Gasteiger partial charge in [-0.1, -0.05) is 6.92 Å². The molecule has 1 atom stereocenters. The molecule has 0 bridgehead atoms. The summed E-state index contributed by atoms with van der Waals surface area (Å²) in [5, 5.41) is 0. The Labute approximate surface area is 103 Å². The maximum Gasteiger partial charge on any atom is 0.187 e. The van der Waals surface area contributed by atoms with Crippen LogP contribution in [0.3, 0.4) is 0 Å². The predicted molar refractivity (Wildman–Crippen MR) is 70.2 cm³/mol. The maximum absolute atomic E-state index is 11.9. The molecule has 0 spiro atoms. The molecule has 0 radical (unpaired) electrons. The van der Waals surface area contributed by atoms with Crippen molar-refractivity contribution in [1.82, 2.24) is 9.88 Å². The van der Waals surface area contributed by atoms with Crippen molar-refractivity contribution in [2.75, 3.05) is 13.1 Å². The van der Waals surface area contributed by atoms with Gasteiger partial charge in [-0.15, -0.1) is 0 Å². The van der Waals surface area contributed by atoms with E-state index in [4.69, 9.17) is 0 Å². The van der Waals surface area contributed by atoms with Crippen LogP contribution < -0.4 is 5.43 Å². The summed E-state index contributed by atoms with van der Waals surface area (Å²) in [5.41, 5.74) is 2.94. The number of nitrogens with one attached hydrogen (secondary N) is 1. The SMILES string of the molecule is Cc1c[nH]c(CN2CCCC(C)C2)c(C)c1=O. The highest BCUT2D eigenvalue weighted by molar-refractivity contribution is 5.23. The fraction of sp³-hybridized carbons (Fsp3) is 0.643. The molecule has 1 saturated heterocycles. The molecule has 2 rings (SSSR count). The van der Waals surface area contributed by atoms with Gasteiger partial charge in [0.2, 0.25) is 0 Å². The predicted octanol–water partition coefficient (Wildman–Crippen LogP) is 2.22. The van der Waals surface area contributed by atoms with Crippen molar-refractivity contribution in [1.29, 1.82) is 0 Å². The van der Waals surface area contributed by atoms with Crippen LogP contribution >= 0.6 is 0 Å². The zero-order chi connectivity index (χ0) is 12.4. The van der Waals surface area contributed by atoms with Crippen LogP contribution in [0, 0.1) is 19.8 Å². The van der Waals surface area contributed by atoms with E-state index < -0.39 is 0 Å². The molecule has 3 heteroatoms.